The summed E-state index contributed by atoms with van der Waals surface area (Å²) in [5, 5.41) is 1.08. The number of hydrogen-bond acceptors (Lipinski definition) is 7. The van der Waals surface area contributed by atoms with Crippen molar-refractivity contribution in [3.63, 3.8) is 0 Å². The molecule has 1 heterocycles. The molecular formula is C22H21IN2O5S2. The first-order valence-electron chi connectivity index (χ1n) is 9.61. The van der Waals surface area contributed by atoms with Crippen molar-refractivity contribution in [2.24, 2.45) is 0 Å². The normalized spacial score (nSPS) is 14.6. The Kier molecular flexibility index (Phi) is 8.38. The summed E-state index contributed by atoms with van der Waals surface area (Å²) < 4.78 is 17.4. The van der Waals surface area contributed by atoms with Crippen LogP contribution in [0, 0.1) is 3.57 Å². The second kappa shape index (κ2) is 11.0. The van der Waals surface area contributed by atoms with E-state index >= 15 is 0 Å². The Hall–Kier alpha value is -2.31. The molecule has 168 valence electrons. The van der Waals surface area contributed by atoms with E-state index in [1.165, 1.54) is 0 Å². The van der Waals surface area contributed by atoms with Crippen LogP contribution in [0.3, 0.4) is 0 Å². The Labute approximate surface area is 209 Å². The van der Waals surface area contributed by atoms with Gasteiger partial charge in [0.2, 0.25) is 0 Å². The zero-order valence-electron chi connectivity index (χ0n) is 17.6. The van der Waals surface area contributed by atoms with Gasteiger partial charge >= 0.3 is 0 Å². The number of carbonyl (C=O) groups is 2. The number of benzene rings is 2. The molecular weight excluding hydrogens is 563 g/mol. The number of rotatable bonds is 8. The first-order valence-corrected chi connectivity index (χ1v) is 11.9. The zero-order valence-corrected chi connectivity index (χ0v) is 21.4. The molecule has 1 aliphatic heterocycles. The van der Waals surface area contributed by atoms with Gasteiger partial charge < -0.3 is 14.2 Å². The third-order valence-electron chi connectivity index (χ3n) is 4.36. The Morgan fingerprint density at radius 3 is 2.56 bits per heavy atom. The quantitative estimate of drug-likeness (QED) is 0.275. The van der Waals surface area contributed by atoms with Crippen LogP contribution >= 0.6 is 46.6 Å². The van der Waals surface area contributed by atoms with Crippen LogP contribution in [-0.2, 0) is 4.79 Å². The van der Waals surface area contributed by atoms with E-state index < -0.39 is 11.8 Å². The molecule has 0 aromatic heterocycles. The molecule has 1 fully saturated rings. The van der Waals surface area contributed by atoms with Crippen LogP contribution in [0.15, 0.2) is 41.3 Å². The van der Waals surface area contributed by atoms with E-state index in [0.717, 1.165) is 32.3 Å². The van der Waals surface area contributed by atoms with Gasteiger partial charge in [-0.1, -0.05) is 18.7 Å². The van der Waals surface area contributed by atoms with Crippen molar-refractivity contribution in [2.75, 3.05) is 20.8 Å². The number of hydrazine groups is 1. The molecule has 10 heteroatoms. The second-order valence-electron chi connectivity index (χ2n) is 6.57. The molecule has 1 N–H and O–H groups in total. The number of nitrogens with one attached hydrogen (secondary N) is 1. The van der Waals surface area contributed by atoms with E-state index in [0.29, 0.717) is 34.3 Å². The Morgan fingerprint density at radius 1 is 1.22 bits per heavy atom. The van der Waals surface area contributed by atoms with Crippen molar-refractivity contribution in [3.05, 3.63) is 56.0 Å². The highest BCUT2D eigenvalue weighted by molar-refractivity contribution is 14.1. The summed E-state index contributed by atoms with van der Waals surface area (Å²) in [5.41, 5.74) is 3.71. The summed E-state index contributed by atoms with van der Waals surface area (Å²) in [6, 6.07) is 10.3. The van der Waals surface area contributed by atoms with E-state index in [1.54, 1.807) is 50.6 Å². The monoisotopic (exact) mass is 584 g/mol. The molecule has 2 amide bonds. The van der Waals surface area contributed by atoms with Gasteiger partial charge in [0.1, 0.15) is 5.75 Å². The van der Waals surface area contributed by atoms with Crippen LogP contribution in [0.5, 0.6) is 17.2 Å². The van der Waals surface area contributed by atoms with Crippen LogP contribution in [0.25, 0.3) is 6.08 Å². The predicted octanol–water partition coefficient (Wildman–Crippen LogP) is 4.64. The predicted molar refractivity (Wildman–Crippen MR) is 137 cm³/mol. The lowest BCUT2D eigenvalue weighted by Crippen LogP contribution is -2.44. The molecule has 0 spiro atoms. The minimum Gasteiger partial charge on any atom is -0.497 e. The van der Waals surface area contributed by atoms with Gasteiger partial charge in [0.25, 0.3) is 11.8 Å². The molecule has 2 aromatic carbocycles. The molecule has 2 aromatic rings. The van der Waals surface area contributed by atoms with Crippen LogP contribution in [0.4, 0.5) is 0 Å². The highest BCUT2D eigenvalue weighted by atomic mass is 127. The largest absolute Gasteiger partial charge is 0.497 e. The maximum atomic E-state index is 12.9. The van der Waals surface area contributed by atoms with Crippen molar-refractivity contribution >= 4 is 68.8 Å². The van der Waals surface area contributed by atoms with Crippen molar-refractivity contribution in [1.82, 2.24) is 10.4 Å². The SMILES string of the molecule is CCCOc1c(I)cc(/C=C2\SC(=S)N(NC(=O)c3ccc(OC)cc3)C2=O)cc1OC. The van der Waals surface area contributed by atoms with E-state index in [1.807, 2.05) is 13.0 Å². The molecule has 32 heavy (non-hydrogen) atoms. The molecule has 0 saturated carbocycles. The molecule has 0 atom stereocenters. The average Bonchev–Trinajstić information content (AvgIpc) is 3.05. The summed E-state index contributed by atoms with van der Waals surface area (Å²) in [5.74, 6) is 1.04. The molecule has 7 nitrogen and oxygen atoms in total. The standard InChI is InChI=1S/C22H21IN2O5S2/c1-4-9-30-19-16(23)10-13(11-17(19)29-3)12-18-21(27)25(22(31)32-18)24-20(26)14-5-7-15(28-2)8-6-14/h5-8,10-12H,4,9H2,1-3H3,(H,24,26)/b18-12-. The highest BCUT2D eigenvalue weighted by Gasteiger charge is 2.34. The van der Waals surface area contributed by atoms with Gasteiger partial charge in [-0.25, -0.2) is 0 Å². The van der Waals surface area contributed by atoms with Crippen molar-refractivity contribution in [3.8, 4) is 17.2 Å². The summed E-state index contributed by atoms with van der Waals surface area (Å²) in [4.78, 5) is 25.8. The molecule has 0 unspecified atom stereocenters. The molecule has 0 aliphatic carbocycles. The topological polar surface area (TPSA) is 77.1 Å². The lowest BCUT2D eigenvalue weighted by molar-refractivity contribution is -0.123. The number of ether oxygens (including phenoxy) is 3. The highest BCUT2D eigenvalue weighted by Crippen LogP contribution is 2.37. The smallest absolute Gasteiger partial charge is 0.285 e. The van der Waals surface area contributed by atoms with E-state index in [9.17, 15) is 9.59 Å². The summed E-state index contributed by atoms with van der Waals surface area (Å²) >= 11 is 8.60. The number of methoxy groups -OCH3 is 2. The van der Waals surface area contributed by atoms with E-state index in [-0.39, 0.29) is 4.32 Å². The molecule has 1 aliphatic rings. The van der Waals surface area contributed by atoms with Gasteiger partial charge in [-0.15, -0.1) is 0 Å². The summed E-state index contributed by atoms with van der Waals surface area (Å²) in [6.07, 6.45) is 2.60. The van der Waals surface area contributed by atoms with E-state index in [2.05, 4.69) is 28.0 Å². The number of thiocarbonyl (C=S) groups is 1. The number of amides is 2. The minimum absolute atomic E-state index is 0.243. The zero-order chi connectivity index (χ0) is 23.3. The van der Waals surface area contributed by atoms with Gasteiger partial charge in [0.05, 0.1) is 29.3 Å². The molecule has 1 saturated heterocycles. The first kappa shape index (κ1) is 24.3. The first-order chi connectivity index (χ1) is 15.4. The Balaban J connectivity index is 1.79. The van der Waals surface area contributed by atoms with Crippen LogP contribution in [-0.4, -0.2) is 42.0 Å². The number of thioether (sulfide) groups is 1. The van der Waals surface area contributed by atoms with Crippen molar-refractivity contribution in [2.45, 2.75) is 13.3 Å². The molecule has 0 radical (unpaired) electrons. The van der Waals surface area contributed by atoms with Gasteiger partial charge in [0.15, 0.2) is 15.8 Å². The molecule has 3 rings (SSSR count). The Bertz CT molecular complexity index is 1070. The molecule has 0 bridgehead atoms. The third kappa shape index (κ3) is 5.54. The number of nitrogens with zero attached hydrogens (tertiary/aromatic N) is 1. The number of hydrogen-bond donors (Lipinski definition) is 1. The van der Waals surface area contributed by atoms with Gasteiger partial charge in [-0.2, -0.15) is 5.01 Å². The van der Waals surface area contributed by atoms with Crippen molar-refractivity contribution in [1.29, 1.82) is 0 Å². The van der Waals surface area contributed by atoms with Crippen LogP contribution in [0.1, 0.15) is 29.3 Å². The maximum Gasteiger partial charge on any atom is 0.285 e. The van der Waals surface area contributed by atoms with E-state index in [4.69, 9.17) is 26.4 Å². The summed E-state index contributed by atoms with van der Waals surface area (Å²) in [6.45, 7) is 2.61. The lowest BCUT2D eigenvalue weighted by Gasteiger charge is -2.15. The lowest BCUT2D eigenvalue weighted by atomic mass is 10.2. The van der Waals surface area contributed by atoms with Crippen LogP contribution < -0.4 is 19.6 Å². The number of carbonyl (C=O) groups excluding carboxylic acids is 2. The van der Waals surface area contributed by atoms with Gasteiger partial charge in [-0.3, -0.25) is 15.0 Å². The fraction of sp³-hybridized carbons (Fsp3) is 0.227. The average molecular weight is 584 g/mol. The fourth-order valence-corrected chi connectivity index (χ4v) is 4.75. The van der Waals surface area contributed by atoms with Crippen LogP contribution in [0.2, 0.25) is 0 Å². The third-order valence-corrected chi connectivity index (χ3v) is 6.46. The van der Waals surface area contributed by atoms with Crippen molar-refractivity contribution < 1.29 is 23.8 Å². The second-order valence-corrected chi connectivity index (χ2v) is 9.41. The van der Waals surface area contributed by atoms with Gasteiger partial charge in [-0.05, 0) is 89.3 Å². The maximum absolute atomic E-state index is 12.9. The number of halogens is 1. The summed E-state index contributed by atoms with van der Waals surface area (Å²) in [7, 11) is 3.12. The Morgan fingerprint density at radius 2 is 1.94 bits per heavy atom. The fourth-order valence-electron chi connectivity index (χ4n) is 2.79. The van der Waals surface area contributed by atoms with Gasteiger partial charge in [0, 0.05) is 5.56 Å². The minimum atomic E-state index is -0.446.